The minimum atomic E-state index is -0.696. The highest BCUT2D eigenvalue weighted by atomic mass is 16.4. The summed E-state index contributed by atoms with van der Waals surface area (Å²) in [6.45, 7) is 7.63. The molecule has 0 amide bonds. The number of aliphatic carboxylic acids is 1. The number of nitrogens with zero attached hydrogens (tertiary/aromatic N) is 2. The van der Waals surface area contributed by atoms with Crippen molar-refractivity contribution in [1.82, 2.24) is 10.2 Å². The molecule has 2 N–H and O–H groups in total. The molecular weight excluding hydrogens is 278 g/mol. The van der Waals surface area contributed by atoms with Crippen molar-refractivity contribution >= 4 is 11.7 Å². The van der Waals surface area contributed by atoms with E-state index in [1.165, 1.54) is 16.8 Å². The van der Waals surface area contributed by atoms with Gasteiger partial charge in [-0.3, -0.25) is 9.69 Å². The van der Waals surface area contributed by atoms with E-state index < -0.39 is 5.97 Å². The molecule has 0 radical (unpaired) electrons. The maximum absolute atomic E-state index is 11.6. The Kier molecular flexibility index (Phi) is 4.64. The van der Waals surface area contributed by atoms with Crippen molar-refractivity contribution < 1.29 is 9.90 Å². The Morgan fingerprint density at radius 3 is 2.77 bits per heavy atom. The zero-order valence-electron chi connectivity index (χ0n) is 13.2. The van der Waals surface area contributed by atoms with Crippen LogP contribution in [0.2, 0.25) is 0 Å². The summed E-state index contributed by atoms with van der Waals surface area (Å²) in [6.07, 6.45) is 1.61. The van der Waals surface area contributed by atoms with Gasteiger partial charge in [0.25, 0.3) is 0 Å². The maximum Gasteiger partial charge on any atom is 0.320 e. The third-order valence-corrected chi connectivity index (χ3v) is 4.73. The van der Waals surface area contributed by atoms with Gasteiger partial charge in [-0.05, 0) is 23.6 Å². The molecule has 5 nitrogen and oxygen atoms in total. The Labute approximate surface area is 131 Å². The summed E-state index contributed by atoms with van der Waals surface area (Å²) < 4.78 is 0. The number of anilines is 1. The highest BCUT2D eigenvalue weighted by molar-refractivity contribution is 5.73. The van der Waals surface area contributed by atoms with Gasteiger partial charge in [0.05, 0.1) is 0 Å². The smallest absolute Gasteiger partial charge is 0.320 e. The summed E-state index contributed by atoms with van der Waals surface area (Å²) in [4.78, 5) is 16.1. The van der Waals surface area contributed by atoms with Gasteiger partial charge < -0.3 is 15.3 Å². The van der Waals surface area contributed by atoms with E-state index in [2.05, 4.69) is 33.3 Å². The molecule has 0 aromatic heterocycles. The quantitative estimate of drug-likeness (QED) is 0.866. The standard InChI is InChI=1S/C17H25N3O2/c1-2-4-16(17(21)22)20-11-13-5-3-6-15(14(13)12-20)19-9-7-18-8-10-19/h3,5-6,16,18H,2,4,7-12H2,1H3,(H,21,22). The lowest BCUT2D eigenvalue weighted by Crippen LogP contribution is -2.44. The Hall–Kier alpha value is -1.59. The van der Waals surface area contributed by atoms with Gasteiger partial charge in [-0.25, -0.2) is 0 Å². The van der Waals surface area contributed by atoms with Gasteiger partial charge in [0.1, 0.15) is 6.04 Å². The fraction of sp³-hybridized carbons (Fsp3) is 0.588. The summed E-state index contributed by atoms with van der Waals surface area (Å²) in [5, 5.41) is 12.9. The van der Waals surface area contributed by atoms with E-state index in [1.807, 2.05) is 6.92 Å². The molecule has 5 heteroatoms. The minimum Gasteiger partial charge on any atom is -0.480 e. The zero-order valence-corrected chi connectivity index (χ0v) is 13.2. The average molecular weight is 303 g/mol. The van der Waals surface area contributed by atoms with Gasteiger partial charge in [-0.1, -0.05) is 25.5 Å². The van der Waals surface area contributed by atoms with Crippen molar-refractivity contribution in [2.24, 2.45) is 0 Å². The molecule has 2 heterocycles. The largest absolute Gasteiger partial charge is 0.480 e. The van der Waals surface area contributed by atoms with Crippen LogP contribution in [0.5, 0.6) is 0 Å². The van der Waals surface area contributed by atoms with E-state index in [1.54, 1.807) is 0 Å². The number of rotatable bonds is 5. The summed E-state index contributed by atoms with van der Waals surface area (Å²) in [6, 6.07) is 6.07. The molecule has 1 unspecified atom stereocenters. The van der Waals surface area contributed by atoms with Crippen molar-refractivity contribution in [2.45, 2.75) is 38.9 Å². The molecule has 2 aliphatic rings. The van der Waals surface area contributed by atoms with Crippen LogP contribution in [0, 0.1) is 0 Å². The van der Waals surface area contributed by atoms with Crippen molar-refractivity contribution in [3.8, 4) is 0 Å². The SMILES string of the molecule is CCCC(C(=O)O)N1Cc2cccc(N3CCNCC3)c2C1. The van der Waals surface area contributed by atoms with Crippen LogP contribution in [0.15, 0.2) is 18.2 Å². The second kappa shape index (κ2) is 6.67. The Balaban J connectivity index is 1.81. The van der Waals surface area contributed by atoms with E-state index in [-0.39, 0.29) is 6.04 Å². The molecule has 0 spiro atoms. The normalized spacial score (nSPS) is 20.0. The number of nitrogens with one attached hydrogen (secondary N) is 1. The number of benzene rings is 1. The first-order chi connectivity index (χ1) is 10.7. The highest BCUT2D eigenvalue weighted by Crippen LogP contribution is 2.33. The molecular formula is C17H25N3O2. The van der Waals surface area contributed by atoms with Crippen LogP contribution in [0.1, 0.15) is 30.9 Å². The number of carboxylic acid groups (broad SMARTS) is 1. The summed E-state index contributed by atoms with van der Waals surface area (Å²) >= 11 is 0. The number of hydrogen-bond donors (Lipinski definition) is 2. The number of carbonyl (C=O) groups is 1. The van der Waals surface area contributed by atoms with Gasteiger partial charge in [0.2, 0.25) is 0 Å². The second-order valence-corrected chi connectivity index (χ2v) is 6.20. The molecule has 0 bridgehead atoms. The summed E-state index contributed by atoms with van der Waals surface area (Å²) in [5.74, 6) is -0.696. The second-order valence-electron chi connectivity index (χ2n) is 6.20. The van der Waals surface area contributed by atoms with E-state index >= 15 is 0 Å². The molecule has 0 saturated carbocycles. The number of carboxylic acids is 1. The monoisotopic (exact) mass is 303 g/mol. The molecule has 22 heavy (non-hydrogen) atoms. The first kappa shape index (κ1) is 15.3. The lowest BCUT2D eigenvalue weighted by atomic mass is 10.1. The van der Waals surface area contributed by atoms with Crippen LogP contribution in [-0.4, -0.2) is 48.2 Å². The topological polar surface area (TPSA) is 55.8 Å². The fourth-order valence-electron chi connectivity index (χ4n) is 3.59. The van der Waals surface area contributed by atoms with E-state index in [9.17, 15) is 9.90 Å². The Morgan fingerprint density at radius 2 is 2.09 bits per heavy atom. The zero-order chi connectivity index (χ0) is 15.5. The van der Waals surface area contributed by atoms with Crippen LogP contribution < -0.4 is 10.2 Å². The Morgan fingerprint density at radius 1 is 1.32 bits per heavy atom. The average Bonchev–Trinajstić information content (AvgIpc) is 2.96. The fourth-order valence-corrected chi connectivity index (χ4v) is 3.59. The first-order valence-corrected chi connectivity index (χ1v) is 8.24. The van der Waals surface area contributed by atoms with Gasteiger partial charge in [0, 0.05) is 45.0 Å². The number of piperazine rings is 1. The predicted octanol–water partition coefficient (Wildman–Crippen LogP) is 1.67. The van der Waals surface area contributed by atoms with Crippen LogP contribution in [-0.2, 0) is 17.9 Å². The van der Waals surface area contributed by atoms with Gasteiger partial charge in [-0.2, -0.15) is 0 Å². The minimum absolute atomic E-state index is 0.367. The molecule has 120 valence electrons. The third kappa shape index (κ3) is 2.96. The van der Waals surface area contributed by atoms with Gasteiger partial charge in [0.15, 0.2) is 0 Å². The summed E-state index contributed by atoms with van der Waals surface area (Å²) in [7, 11) is 0. The van der Waals surface area contributed by atoms with E-state index in [0.29, 0.717) is 6.42 Å². The molecule has 1 fully saturated rings. The highest BCUT2D eigenvalue weighted by Gasteiger charge is 2.32. The van der Waals surface area contributed by atoms with Crippen molar-refractivity contribution in [3.05, 3.63) is 29.3 Å². The molecule has 3 rings (SSSR count). The van der Waals surface area contributed by atoms with E-state index in [0.717, 1.165) is 45.7 Å². The van der Waals surface area contributed by atoms with Gasteiger partial charge in [-0.15, -0.1) is 0 Å². The molecule has 2 aliphatic heterocycles. The lowest BCUT2D eigenvalue weighted by molar-refractivity contribution is -0.143. The number of fused-ring (bicyclic) bond motifs is 1. The lowest BCUT2D eigenvalue weighted by Gasteiger charge is -2.31. The molecule has 1 aromatic carbocycles. The Bertz CT molecular complexity index is 541. The molecule has 1 aromatic rings. The third-order valence-electron chi connectivity index (χ3n) is 4.73. The molecule has 1 atom stereocenters. The van der Waals surface area contributed by atoms with Crippen molar-refractivity contribution in [2.75, 3.05) is 31.1 Å². The van der Waals surface area contributed by atoms with Crippen LogP contribution in [0.25, 0.3) is 0 Å². The molecule has 1 saturated heterocycles. The maximum atomic E-state index is 11.6. The van der Waals surface area contributed by atoms with Crippen LogP contribution >= 0.6 is 0 Å². The summed E-state index contributed by atoms with van der Waals surface area (Å²) in [5.41, 5.74) is 3.91. The van der Waals surface area contributed by atoms with Crippen molar-refractivity contribution in [1.29, 1.82) is 0 Å². The van der Waals surface area contributed by atoms with Crippen molar-refractivity contribution in [3.63, 3.8) is 0 Å². The molecule has 0 aliphatic carbocycles. The van der Waals surface area contributed by atoms with E-state index in [4.69, 9.17) is 0 Å². The predicted molar refractivity (Wildman–Crippen MR) is 87.1 cm³/mol. The first-order valence-electron chi connectivity index (χ1n) is 8.24. The van der Waals surface area contributed by atoms with Gasteiger partial charge >= 0.3 is 5.97 Å². The number of hydrogen-bond acceptors (Lipinski definition) is 4. The van der Waals surface area contributed by atoms with Crippen LogP contribution in [0.4, 0.5) is 5.69 Å². The van der Waals surface area contributed by atoms with Crippen LogP contribution in [0.3, 0.4) is 0 Å².